The second kappa shape index (κ2) is 6.82. The summed E-state index contributed by atoms with van der Waals surface area (Å²) in [7, 11) is 0. The van der Waals surface area contributed by atoms with E-state index in [0.29, 0.717) is 24.5 Å². The van der Waals surface area contributed by atoms with Crippen molar-refractivity contribution in [2.45, 2.75) is 33.6 Å². The number of nitrogens with zero attached hydrogens (tertiary/aromatic N) is 1. The van der Waals surface area contributed by atoms with Crippen molar-refractivity contribution in [3.05, 3.63) is 17.5 Å². The summed E-state index contributed by atoms with van der Waals surface area (Å²) in [5, 5.41) is 11.7. The lowest BCUT2D eigenvalue weighted by molar-refractivity contribution is 0.0692. The van der Waals surface area contributed by atoms with Gasteiger partial charge in [-0.3, -0.25) is 0 Å². The summed E-state index contributed by atoms with van der Waals surface area (Å²) in [6, 6.07) is 1.35. The summed E-state index contributed by atoms with van der Waals surface area (Å²) in [6.07, 6.45) is 1.94. The third-order valence-electron chi connectivity index (χ3n) is 2.86. The Labute approximate surface area is 112 Å². The van der Waals surface area contributed by atoms with E-state index in [9.17, 15) is 9.59 Å². The van der Waals surface area contributed by atoms with E-state index in [0.717, 1.165) is 12.8 Å². The normalized spacial score (nSPS) is 10.3. The third-order valence-corrected chi connectivity index (χ3v) is 2.86. The number of hydrogen-bond acceptors (Lipinski definition) is 2. The number of amides is 2. The van der Waals surface area contributed by atoms with Gasteiger partial charge in [-0.05, 0) is 26.3 Å². The topological polar surface area (TPSA) is 85.4 Å². The van der Waals surface area contributed by atoms with E-state index in [1.807, 2.05) is 6.92 Å². The summed E-state index contributed by atoms with van der Waals surface area (Å²) in [6.45, 7) is 6.97. The van der Waals surface area contributed by atoms with E-state index in [-0.39, 0.29) is 11.7 Å². The maximum atomic E-state index is 12.0. The molecule has 0 aliphatic heterocycles. The minimum Gasteiger partial charge on any atom is -0.477 e. The number of carboxylic acids is 1. The van der Waals surface area contributed by atoms with E-state index >= 15 is 0 Å². The number of aryl methyl sites for hydroxylation is 1. The van der Waals surface area contributed by atoms with Crippen LogP contribution < -0.4 is 5.32 Å². The van der Waals surface area contributed by atoms with Gasteiger partial charge < -0.3 is 20.3 Å². The number of carbonyl (C=O) groups excluding carboxylic acids is 1. The minimum absolute atomic E-state index is 0.0115. The van der Waals surface area contributed by atoms with Crippen molar-refractivity contribution in [1.29, 1.82) is 0 Å². The van der Waals surface area contributed by atoms with Crippen LogP contribution in [0.5, 0.6) is 0 Å². The lowest BCUT2D eigenvalue weighted by atomic mass is 10.3. The number of carbonyl (C=O) groups is 2. The Bertz CT molecular complexity index is 454. The van der Waals surface area contributed by atoms with Gasteiger partial charge in [-0.15, -0.1) is 0 Å². The Balaban J connectivity index is 2.77. The second-order valence-corrected chi connectivity index (χ2v) is 4.41. The highest BCUT2D eigenvalue weighted by atomic mass is 16.4. The number of aromatic nitrogens is 1. The number of urea groups is 1. The fourth-order valence-electron chi connectivity index (χ4n) is 1.80. The van der Waals surface area contributed by atoms with E-state index in [4.69, 9.17) is 5.11 Å². The van der Waals surface area contributed by atoms with E-state index in [2.05, 4.69) is 17.2 Å². The molecule has 0 aromatic carbocycles. The molecule has 106 valence electrons. The first-order valence-corrected chi connectivity index (χ1v) is 6.48. The number of aromatic amines is 1. The quantitative estimate of drug-likeness (QED) is 0.740. The monoisotopic (exact) mass is 267 g/mol. The molecule has 0 aliphatic carbocycles. The predicted octanol–water partition coefficient (Wildman–Crippen LogP) is 2.68. The number of aromatic carboxylic acids is 1. The fraction of sp³-hybridized carbons (Fsp3) is 0.538. The molecule has 0 fully saturated rings. The van der Waals surface area contributed by atoms with Crippen LogP contribution in [-0.4, -0.2) is 40.1 Å². The van der Waals surface area contributed by atoms with E-state index in [1.165, 1.54) is 0 Å². The van der Waals surface area contributed by atoms with Crippen molar-refractivity contribution >= 4 is 17.7 Å². The number of rotatable bonds is 6. The highest BCUT2D eigenvalue weighted by Gasteiger charge is 2.17. The van der Waals surface area contributed by atoms with Crippen molar-refractivity contribution in [3.8, 4) is 0 Å². The second-order valence-electron chi connectivity index (χ2n) is 4.41. The maximum absolute atomic E-state index is 12.0. The van der Waals surface area contributed by atoms with Gasteiger partial charge in [0.15, 0.2) is 0 Å². The van der Waals surface area contributed by atoms with Gasteiger partial charge in [-0.25, -0.2) is 9.59 Å². The van der Waals surface area contributed by atoms with Gasteiger partial charge in [-0.2, -0.15) is 0 Å². The van der Waals surface area contributed by atoms with Crippen LogP contribution in [0.3, 0.4) is 0 Å². The number of unbranched alkanes of at least 4 members (excludes halogenated alkanes) is 1. The molecule has 0 spiro atoms. The highest BCUT2D eigenvalue weighted by molar-refractivity contribution is 5.99. The molecule has 0 bridgehead atoms. The third kappa shape index (κ3) is 4.01. The summed E-state index contributed by atoms with van der Waals surface area (Å²) in [4.78, 5) is 27.5. The Morgan fingerprint density at radius 1 is 1.42 bits per heavy atom. The molecule has 0 saturated carbocycles. The van der Waals surface area contributed by atoms with Crippen LogP contribution in [-0.2, 0) is 0 Å². The molecule has 1 aromatic rings. The lowest BCUT2D eigenvalue weighted by Gasteiger charge is -2.20. The largest absolute Gasteiger partial charge is 0.477 e. The van der Waals surface area contributed by atoms with Crippen molar-refractivity contribution in [1.82, 2.24) is 9.88 Å². The van der Waals surface area contributed by atoms with Crippen LogP contribution in [0.15, 0.2) is 6.07 Å². The minimum atomic E-state index is -1.08. The molecule has 1 heterocycles. The van der Waals surface area contributed by atoms with Gasteiger partial charge >= 0.3 is 12.0 Å². The molecule has 1 aromatic heterocycles. The zero-order chi connectivity index (χ0) is 14.4. The van der Waals surface area contributed by atoms with Crippen molar-refractivity contribution in [2.75, 3.05) is 18.4 Å². The van der Waals surface area contributed by atoms with E-state index < -0.39 is 5.97 Å². The van der Waals surface area contributed by atoms with Crippen LogP contribution in [0, 0.1) is 6.92 Å². The molecular formula is C13H21N3O3. The SMILES string of the molecule is CCCCN(CC)C(=O)Nc1cc(C)[nH]c1C(=O)O. The Hall–Kier alpha value is -1.98. The first-order chi connectivity index (χ1) is 8.99. The van der Waals surface area contributed by atoms with Gasteiger partial charge in [0.25, 0.3) is 0 Å². The molecule has 3 N–H and O–H groups in total. The van der Waals surface area contributed by atoms with Crippen molar-refractivity contribution in [3.63, 3.8) is 0 Å². The molecule has 0 unspecified atom stereocenters. The summed E-state index contributed by atoms with van der Waals surface area (Å²) < 4.78 is 0. The molecule has 1 rings (SSSR count). The van der Waals surface area contributed by atoms with Crippen LogP contribution >= 0.6 is 0 Å². The molecule has 0 atom stereocenters. The highest BCUT2D eigenvalue weighted by Crippen LogP contribution is 2.17. The average molecular weight is 267 g/mol. The Kier molecular flexibility index (Phi) is 5.41. The van der Waals surface area contributed by atoms with Gasteiger partial charge in [0.05, 0.1) is 5.69 Å². The standard InChI is InChI=1S/C13H21N3O3/c1-4-6-7-16(5-2)13(19)15-10-8-9(3)14-11(10)12(17)18/h8,14H,4-7H2,1-3H3,(H,15,19)(H,17,18). The summed E-state index contributed by atoms with van der Waals surface area (Å²) in [5.74, 6) is -1.08. The smallest absolute Gasteiger partial charge is 0.354 e. The number of hydrogen-bond donors (Lipinski definition) is 3. The average Bonchev–Trinajstić information content (AvgIpc) is 2.71. The predicted molar refractivity (Wildman–Crippen MR) is 73.7 cm³/mol. The Morgan fingerprint density at radius 3 is 2.63 bits per heavy atom. The van der Waals surface area contributed by atoms with Gasteiger partial charge in [0.1, 0.15) is 5.69 Å². The van der Waals surface area contributed by atoms with Gasteiger partial charge in [0.2, 0.25) is 0 Å². The fourth-order valence-corrected chi connectivity index (χ4v) is 1.80. The number of H-pyrrole nitrogens is 1. The van der Waals surface area contributed by atoms with Crippen LogP contribution in [0.1, 0.15) is 42.9 Å². The summed E-state index contributed by atoms with van der Waals surface area (Å²) in [5.41, 5.74) is 1.02. The molecule has 0 radical (unpaired) electrons. The van der Waals surface area contributed by atoms with Gasteiger partial charge in [0, 0.05) is 18.8 Å². The van der Waals surface area contributed by atoms with Crippen molar-refractivity contribution in [2.24, 2.45) is 0 Å². The molecule has 19 heavy (non-hydrogen) atoms. The van der Waals surface area contributed by atoms with Gasteiger partial charge in [-0.1, -0.05) is 13.3 Å². The molecule has 6 heteroatoms. The number of nitrogens with one attached hydrogen (secondary N) is 2. The zero-order valence-electron chi connectivity index (χ0n) is 11.6. The molecular weight excluding hydrogens is 246 g/mol. The number of carboxylic acid groups (broad SMARTS) is 1. The maximum Gasteiger partial charge on any atom is 0.354 e. The molecule has 0 aliphatic rings. The van der Waals surface area contributed by atoms with Crippen LogP contribution in [0.4, 0.5) is 10.5 Å². The molecule has 2 amide bonds. The molecule has 0 saturated heterocycles. The summed E-state index contributed by atoms with van der Waals surface area (Å²) >= 11 is 0. The lowest BCUT2D eigenvalue weighted by Crippen LogP contribution is -2.35. The Morgan fingerprint density at radius 2 is 2.11 bits per heavy atom. The van der Waals surface area contributed by atoms with Crippen LogP contribution in [0.25, 0.3) is 0 Å². The number of anilines is 1. The van der Waals surface area contributed by atoms with E-state index in [1.54, 1.807) is 17.9 Å². The van der Waals surface area contributed by atoms with Crippen LogP contribution in [0.2, 0.25) is 0 Å². The zero-order valence-corrected chi connectivity index (χ0v) is 11.6. The first kappa shape index (κ1) is 15.1. The molecule has 6 nitrogen and oxygen atoms in total. The van der Waals surface area contributed by atoms with Crippen molar-refractivity contribution < 1.29 is 14.7 Å². The first-order valence-electron chi connectivity index (χ1n) is 6.48.